The molecule has 1 rings (SSSR count). The Balaban J connectivity index is 2.91. The summed E-state index contributed by atoms with van der Waals surface area (Å²) in [5, 5.41) is 0. The van der Waals surface area contributed by atoms with E-state index in [2.05, 4.69) is 34.5 Å². The number of pyridine rings is 1. The molecule has 3 heteroatoms. The van der Waals surface area contributed by atoms with E-state index >= 15 is 0 Å². The quantitative estimate of drug-likeness (QED) is 0.604. The van der Waals surface area contributed by atoms with Gasteiger partial charge in [0.2, 0.25) is 5.88 Å². The van der Waals surface area contributed by atoms with Crippen LogP contribution in [0.25, 0.3) is 0 Å². The largest absolute Gasteiger partial charge is 0.481 e. The van der Waals surface area contributed by atoms with Crippen LogP contribution in [0.2, 0.25) is 0 Å². The van der Waals surface area contributed by atoms with Gasteiger partial charge in [-0.05, 0) is 18.6 Å². The van der Waals surface area contributed by atoms with Gasteiger partial charge in [0.25, 0.3) is 0 Å². The lowest BCUT2D eigenvalue weighted by Crippen LogP contribution is -1.89. The van der Waals surface area contributed by atoms with Crippen LogP contribution in [0.4, 0.5) is 0 Å². The zero-order valence-electron chi connectivity index (χ0n) is 6.54. The molecule has 1 unspecified atom stereocenters. The summed E-state index contributed by atoms with van der Waals surface area (Å²) in [5.41, 5.74) is 1.25. The SMILES string of the molecule is COc1cc(C(C)I)ccn1. The van der Waals surface area contributed by atoms with Gasteiger partial charge in [0.1, 0.15) is 0 Å². The number of ether oxygens (including phenoxy) is 1. The van der Waals surface area contributed by atoms with Crippen molar-refractivity contribution >= 4 is 22.6 Å². The van der Waals surface area contributed by atoms with Crippen molar-refractivity contribution in [1.29, 1.82) is 0 Å². The highest BCUT2D eigenvalue weighted by Crippen LogP contribution is 2.23. The number of nitrogens with zero attached hydrogens (tertiary/aromatic N) is 1. The molecule has 1 heterocycles. The molecular weight excluding hydrogens is 253 g/mol. The molecule has 0 radical (unpaired) electrons. The molecule has 0 fully saturated rings. The van der Waals surface area contributed by atoms with E-state index in [-0.39, 0.29) is 0 Å². The highest BCUT2D eigenvalue weighted by Gasteiger charge is 2.01. The van der Waals surface area contributed by atoms with Gasteiger partial charge >= 0.3 is 0 Å². The van der Waals surface area contributed by atoms with Crippen molar-refractivity contribution in [3.05, 3.63) is 23.9 Å². The first-order valence-corrected chi connectivity index (χ1v) is 4.62. The summed E-state index contributed by atoms with van der Waals surface area (Å²) in [6.45, 7) is 2.13. The maximum Gasteiger partial charge on any atom is 0.213 e. The summed E-state index contributed by atoms with van der Waals surface area (Å²) in [6.07, 6.45) is 1.77. The minimum absolute atomic E-state index is 0.504. The molecule has 0 saturated heterocycles. The van der Waals surface area contributed by atoms with Crippen molar-refractivity contribution < 1.29 is 4.74 Å². The fourth-order valence-electron chi connectivity index (χ4n) is 0.784. The monoisotopic (exact) mass is 263 g/mol. The molecule has 11 heavy (non-hydrogen) atoms. The van der Waals surface area contributed by atoms with Crippen LogP contribution in [0.5, 0.6) is 5.88 Å². The highest BCUT2D eigenvalue weighted by molar-refractivity contribution is 14.1. The fraction of sp³-hybridized carbons (Fsp3) is 0.375. The molecule has 0 aliphatic carbocycles. The number of hydrogen-bond acceptors (Lipinski definition) is 2. The van der Waals surface area contributed by atoms with Crippen LogP contribution in [0.1, 0.15) is 16.4 Å². The van der Waals surface area contributed by atoms with E-state index < -0.39 is 0 Å². The lowest BCUT2D eigenvalue weighted by atomic mass is 10.2. The predicted octanol–water partition coefficient (Wildman–Crippen LogP) is 2.59. The van der Waals surface area contributed by atoms with Crippen molar-refractivity contribution in [1.82, 2.24) is 4.98 Å². The number of rotatable bonds is 2. The molecule has 0 aliphatic rings. The first kappa shape index (κ1) is 8.77. The van der Waals surface area contributed by atoms with E-state index in [9.17, 15) is 0 Å². The molecule has 0 bridgehead atoms. The minimum Gasteiger partial charge on any atom is -0.481 e. The van der Waals surface area contributed by atoms with E-state index in [1.807, 2.05) is 12.1 Å². The van der Waals surface area contributed by atoms with Gasteiger partial charge in [-0.1, -0.05) is 22.6 Å². The highest BCUT2D eigenvalue weighted by atomic mass is 127. The molecule has 0 saturated carbocycles. The number of halogens is 1. The number of aromatic nitrogens is 1. The first-order chi connectivity index (χ1) is 5.24. The Morgan fingerprint density at radius 2 is 2.36 bits per heavy atom. The van der Waals surface area contributed by atoms with Crippen LogP contribution in [0.15, 0.2) is 18.3 Å². The standard InChI is InChI=1S/C8H10INO/c1-6(9)7-3-4-10-8(5-7)11-2/h3-6H,1-2H3. The van der Waals surface area contributed by atoms with Crippen LogP contribution < -0.4 is 4.74 Å². The predicted molar refractivity (Wildman–Crippen MR) is 53.2 cm³/mol. The van der Waals surface area contributed by atoms with E-state index in [1.165, 1.54) is 5.56 Å². The van der Waals surface area contributed by atoms with Gasteiger partial charge in [-0.25, -0.2) is 4.98 Å². The Hall–Kier alpha value is -0.320. The Kier molecular flexibility index (Phi) is 3.11. The summed E-state index contributed by atoms with van der Waals surface area (Å²) in [5.74, 6) is 0.686. The van der Waals surface area contributed by atoms with Crippen LogP contribution in [-0.2, 0) is 0 Å². The Bertz CT molecular complexity index is 237. The molecule has 2 nitrogen and oxygen atoms in total. The lowest BCUT2D eigenvalue weighted by Gasteiger charge is -2.04. The molecule has 0 amide bonds. The smallest absolute Gasteiger partial charge is 0.213 e. The zero-order valence-corrected chi connectivity index (χ0v) is 8.70. The van der Waals surface area contributed by atoms with Crippen LogP contribution in [-0.4, -0.2) is 12.1 Å². The van der Waals surface area contributed by atoms with E-state index in [0.29, 0.717) is 9.80 Å². The van der Waals surface area contributed by atoms with Gasteiger partial charge in [0.05, 0.1) is 7.11 Å². The van der Waals surface area contributed by atoms with Gasteiger partial charge in [0, 0.05) is 16.2 Å². The molecule has 1 aromatic rings. The van der Waals surface area contributed by atoms with Crippen LogP contribution >= 0.6 is 22.6 Å². The second-order valence-corrected chi connectivity index (χ2v) is 4.12. The molecule has 60 valence electrons. The van der Waals surface area contributed by atoms with Crippen molar-refractivity contribution in [2.75, 3.05) is 7.11 Å². The Morgan fingerprint density at radius 1 is 1.64 bits per heavy atom. The molecule has 0 N–H and O–H groups in total. The van der Waals surface area contributed by atoms with Crippen LogP contribution in [0, 0.1) is 0 Å². The van der Waals surface area contributed by atoms with Gasteiger partial charge in [-0.15, -0.1) is 0 Å². The van der Waals surface area contributed by atoms with E-state index in [1.54, 1.807) is 13.3 Å². The van der Waals surface area contributed by atoms with Gasteiger partial charge < -0.3 is 4.74 Å². The van der Waals surface area contributed by atoms with Crippen molar-refractivity contribution in [3.8, 4) is 5.88 Å². The molecular formula is C8H10INO. The van der Waals surface area contributed by atoms with Gasteiger partial charge in [-0.2, -0.15) is 0 Å². The average Bonchev–Trinajstić information content (AvgIpc) is 2.05. The van der Waals surface area contributed by atoms with Crippen LogP contribution in [0.3, 0.4) is 0 Å². The van der Waals surface area contributed by atoms with Crippen molar-refractivity contribution in [2.45, 2.75) is 10.8 Å². The summed E-state index contributed by atoms with van der Waals surface area (Å²) < 4.78 is 5.49. The second kappa shape index (κ2) is 3.90. The van der Waals surface area contributed by atoms with E-state index in [4.69, 9.17) is 4.74 Å². The normalized spacial score (nSPS) is 12.6. The number of methoxy groups -OCH3 is 1. The summed E-state index contributed by atoms with van der Waals surface area (Å²) in [4.78, 5) is 4.01. The lowest BCUT2D eigenvalue weighted by molar-refractivity contribution is 0.397. The maximum atomic E-state index is 4.99. The maximum absolute atomic E-state index is 4.99. The van der Waals surface area contributed by atoms with Crippen molar-refractivity contribution in [2.24, 2.45) is 0 Å². The van der Waals surface area contributed by atoms with E-state index in [0.717, 1.165) is 0 Å². The zero-order chi connectivity index (χ0) is 8.27. The molecule has 0 aromatic carbocycles. The molecule has 0 aliphatic heterocycles. The van der Waals surface area contributed by atoms with Crippen molar-refractivity contribution in [3.63, 3.8) is 0 Å². The minimum atomic E-state index is 0.504. The number of hydrogen-bond donors (Lipinski definition) is 0. The summed E-state index contributed by atoms with van der Waals surface area (Å²) >= 11 is 2.36. The molecule has 1 atom stereocenters. The Morgan fingerprint density at radius 3 is 2.91 bits per heavy atom. The summed E-state index contributed by atoms with van der Waals surface area (Å²) in [6, 6.07) is 3.96. The molecule has 0 spiro atoms. The molecule has 1 aromatic heterocycles. The summed E-state index contributed by atoms with van der Waals surface area (Å²) in [7, 11) is 1.63. The van der Waals surface area contributed by atoms with Gasteiger partial charge in [0.15, 0.2) is 0 Å². The second-order valence-electron chi connectivity index (χ2n) is 2.25. The number of alkyl halides is 1. The topological polar surface area (TPSA) is 22.1 Å². The fourth-order valence-corrected chi connectivity index (χ4v) is 1.17. The van der Waals surface area contributed by atoms with Gasteiger partial charge in [-0.3, -0.25) is 0 Å². The first-order valence-electron chi connectivity index (χ1n) is 3.38. The third-order valence-corrected chi connectivity index (χ3v) is 2.15. The third-order valence-electron chi connectivity index (χ3n) is 1.43. The third kappa shape index (κ3) is 2.32. The average molecular weight is 263 g/mol. The Labute approximate surface area is 80.1 Å².